The van der Waals surface area contributed by atoms with Gasteiger partial charge in [0.2, 0.25) is 0 Å². The normalized spacial score (nSPS) is 20.9. The van der Waals surface area contributed by atoms with Crippen molar-refractivity contribution in [2.45, 2.75) is 43.9 Å². The number of H-pyrrole nitrogens is 1. The molecule has 0 saturated heterocycles. The van der Waals surface area contributed by atoms with Gasteiger partial charge in [-0.2, -0.15) is 13.2 Å². The van der Waals surface area contributed by atoms with Gasteiger partial charge < -0.3 is 14.5 Å². The maximum absolute atomic E-state index is 13.6. The van der Waals surface area contributed by atoms with Gasteiger partial charge in [0.25, 0.3) is 0 Å². The first-order valence-electron chi connectivity index (χ1n) is 10.9. The molecule has 2 aromatic carbocycles. The van der Waals surface area contributed by atoms with Gasteiger partial charge in [-0.1, -0.05) is 13.3 Å². The monoisotopic (exact) mass is 451 g/mol. The topological polar surface area (TPSA) is 60.0 Å². The number of benzene rings is 2. The van der Waals surface area contributed by atoms with Gasteiger partial charge >= 0.3 is 6.18 Å². The molecule has 1 fully saturated rings. The molecule has 6 rings (SSSR count). The van der Waals surface area contributed by atoms with Crippen molar-refractivity contribution in [2.75, 3.05) is 0 Å². The number of hydrogen-bond acceptors (Lipinski definition) is 4. The SMILES string of the molecule is CCCc1cc2[nH]c(C3C4Oc5ccc(Oc6ccncc6)cc5C43)nc2cc1C(F)(F)F. The predicted molar refractivity (Wildman–Crippen MR) is 116 cm³/mol. The summed E-state index contributed by atoms with van der Waals surface area (Å²) in [6.07, 6.45) is -0.149. The Kier molecular flexibility index (Phi) is 4.40. The molecule has 8 heteroatoms. The zero-order chi connectivity index (χ0) is 22.7. The van der Waals surface area contributed by atoms with Crippen molar-refractivity contribution in [3.05, 3.63) is 77.4 Å². The van der Waals surface area contributed by atoms with E-state index in [1.165, 1.54) is 0 Å². The summed E-state index contributed by atoms with van der Waals surface area (Å²) in [5.74, 6) is 2.92. The zero-order valence-corrected chi connectivity index (χ0v) is 17.7. The first-order valence-corrected chi connectivity index (χ1v) is 10.9. The van der Waals surface area contributed by atoms with Crippen LogP contribution in [-0.4, -0.2) is 21.1 Å². The van der Waals surface area contributed by atoms with Crippen LogP contribution in [-0.2, 0) is 12.6 Å². The van der Waals surface area contributed by atoms with Crippen LogP contribution in [0, 0.1) is 0 Å². The number of imidazole rings is 1. The number of pyridine rings is 1. The third-order valence-electron chi connectivity index (χ3n) is 6.31. The Morgan fingerprint density at radius 1 is 1.03 bits per heavy atom. The summed E-state index contributed by atoms with van der Waals surface area (Å²) in [4.78, 5) is 11.8. The van der Waals surface area contributed by atoms with Crippen LogP contribution >= 0.6 is 0 Å². The number of rotatable bonds is 5. The molecule has 2 aromatic heterocycles. The van der Waals surface area contributed by atoms with Crippen LogP contribution in [0.4, 0.5) is 13.2 Å². The van der Waals surface area contributed by atoms with Gasteiger partial charge in [0, 0.05) is 23.9 Å². The molecule has 1 saturated carbocycles. The summed E-state index contributed by atoms with van der Waals surface area (Å²) in [5, 5.41) is 0. The number of aryl methyl sites for hydroxylation is 1. The first-order chi connectivity index (χ1) is 15.9. The van der Waals surface area contributed by atoms with Crippen molar-refractivity contribution in [3.63, 3.8) is 0 Å². The number of nitrogens with one attached hydrogen (secondary N) is 1. The summed E-state index contributed by atoms with van der Waals surface area (Å²) in [6.45, 7) is 1.87. The van der Waals surface area contributed by atoms with E-state index in [9.17, 15) is 13.2 Å². The Labute approximate surface area is 187 Å². The number of nitrogens with zero attached hydrogens (tertiary/aromatic N) is 2. The predicted octanol–water partition coefficient (Wildman–Crippen LogP) is 6.36. The number of alkyl halides is 3. The average molecular weight is 451 g/mol. The van der Waals surface area contributed by atoms with Crippen molar-refractivity contribution in [1.82, 2.24) is 15.0 Å². The fraction of sp³-hybridized carbons (Fsp3) is 0.280. The highest BCUT2D eigenvalue weighted by atomic mass is 19.4. The van der Waals surface area contributed by atoms with Crippen molar-refractivity contribution in [2.24, 2.45) is 0 Å². The minimum Gasteiger partial charge on any atom is -0.489 e. The van der Waals surface area contributed by atoms with E-state index in [1.54, 1.807) is 30.6 Å². The van der Waals surface area contributed by atoms with E-state index in [0.717, 1.165) is 17.4 Å². The van der Waals surface area contributed by atoms with Gasteiger partial charge in [-0.3, -0.25) is 4.98 Å². The van der Waals surface area contributed by atoms with Crippen molar-refractivity contribution >= 4 is 11.0 Å². The Bertz CT molecular complexity index is 1350. The average Bonchev–Trinajstić information content (AvgIpc) is 3.14. The van der Waals surface area contributed by atoms with E-state index in [2.05, 4.69) is 15.0 Å². The Morgan fingerprint density at radius 2 is 1.85 bits per heavy atom. The Morgan fingerprint density at radius 3 is 2.61 bits per heavy atom. The van der Waals surface area contributed by atoms with Gasteiger partial charge in [0.15, 0.2) is 0 Å². The summed E-state index contributed by atoms with van der Waals surface area (Å²) in [5.41, 5.74) is 1.67. The fourth-order valence-electron chi connectivity index (χ4n) is 4.79. The molecule has 3 unspecified atom stereocenters. The van der Waals surface area contributed by atoms with E-state index >= 15 is 0 Å². The maximum atomic E-state index is 13.6. The second kappa shape index (κ2) is 7.23. The molecule has 0 radical (unpaired) electrons. The molecule has 0 spiro atoms. The molecule has 5 nitrogen and oxygen atoms in total. The molecule has 2 aliphatic rings. The molecular formula is C25H20F3N3O2. The van der Waals surface area contributed by atoms with E-state index in [0.29, 0.717) is 46.8 Å². The second-order valence-corrected chi connectivity index (χ2v) is 8.51. The van der Waals surface area contributed by atoms with Crippen LogP contribution in [0.15, 0.2) is 54.9 Å². The lowest BCUT2D eigenvalue weighted by molar-refractivity contribution is -0.138. The summed E-state index contributed by atoms with van der Waals surface area (Å²) in [7, 11) is 0. The van der Waals surface area contributed by atoms with Crippen molar-refractivity contribution in [1.29, 1.82) is 0 Å². The van der Waals surface area contributed by atoms with Crippen LogP contribution in [0.25, 0.3) is 11.0 Å². The lowest BCUT2D eigenvalue weighted by atomic mass is 10.0. The maximum Gasteiger partial charge on any atom is 0.416 e. The van der Waals surface area contributed by atoms with Crippen LogP contribution < -0.4 is 9.47 Å². The molecule has 3 atom stereocenters. The molecule has 168 valence electrons. The molecular weight excluding hydrogens is 431 g/mol. The Hall–Kier alpha value is -3.55. The first kappa shape index (κ1) is 20.1. The third-order valence-corrected chi connectivity index (χ3v) is 6.31. The number of aromatic nitrogens is 3. The largest absolute Gasteiger partial charge is 0.489 e. The van der Waals surface area contributed by atoms with Crippen LogP contribution in [0.1, 0.15) is 47.7 Å². The highest BCUT2D eigenvalue weighted by Gasteiger charge is 2.61. The highest BCUT2D eigenvalue weighted by Crippen LogP contribution is 2.63. The molecule has 1 aliphatic heterocycles. The molecule has 0 bridgehead atoms. The van der Waals surface area contributed by atoms with E-state index < -0.39 is 11.7 Å². The fourth-order valence-corrected chi connectivity index (χ4v) is 4.79. The number of hydrogen-bond donors (Lipinski definition) is 1. The summed E-state index contributed by atoms with van der Waals surface area (Å²) < 4.78 is 52.7. The number of halogens is 3. The molecule has 3 heterocycles. The molecule has 0 amide bonds. The molecule has 4 aromatic rings. The van der Waals surface area contributed by atoms with Gasteiger partial charge in [-0.25, -0.2) is 4.98 Å². The highest BCUT2D eigenvalue weighted by molar-refractivity contribution is 5.78. The third kappa shape index (κ3) is 3.41. The van der Waals surface area contributed by atoms with Crippen LogP contribution in [0.3, 0.4) is 0 Å². The van der Waals surface area contributed by atoms with Crippen LogP contribution in [0.5, 0.6) is 17.2 Å². The van der Waals surface area contributed by atoms with E-state index in [4.69, 9.17) is 9.47 Å². The molecule has 33 heavy (non-hydrogen) atoms. The molecule has 1 N–H and O–H groups in total. The second-order valence-electron chi connectivity index (χ2n) is 8.51. The van der Waals surface area contributed by atoms with Gasteiger partial charge in [0.1, 0.15) is 29.2 Å². The minimum atomic E-state index is -4.40. The molecule has 1 aliphatic carbocycles. The van der Waals surface area contributed by atoms with Crippen molar-refractivity contribution < 1.29 is 22.6 Å². The van der Waals surface area contributed by atoms with Crippen LogP contribution in [0.2, 0.25) is 0 Å². The van der Waals surface area contributed by atoms with Gasteiger partial charge in [-0.05, 0) is 54.4 Å². The van der Waals surface area contributed by atoms with Gasteiger partial charge in [0.05, 0.1) is 22.5 Å². The summed E-state index contributed by atoms with van der Waals surface area (Å²) in [6, 6.07) is 12.0. The minimum absolute atomic E-state index is 0.0231. The van der Waals surface area contributed by atoms with Crippen molar-refractivity contribution in [3.8, 4) is 17.2 Å². The quantitative estimate of drug-likeness (QED) is 0.383. The standard InChI is InChI=1S/C25H20F3N3O2/c1-2-3-13-10-18-19(12-17(13)25(26,27)28)31-24(30-18)22-21-16-11-15(4-5-20(16)33-23(21)22)32-14-6-8-29-9-7-14/h4-12,21-23H,2-3H2,1H3,(H,30,31). The zero-order valence-electron chi connectivity index (χ0n) is 17.7. The Balaban J connectivity index is 1.30. The lowest BCUT2D eigenvalue weighted by Crippen LogP contribution is -2.09. The lowest BCUT2D eigenvalue weighted by Gasteiger charge is -2.12. The number of aromatic amines is 1. The number of fused-ring (bicyclic) bond motifs is 4. The summed E-state index contributed by atoms with van der Waals surface area (Å²) >= 11 is 0. The van der Waals surface area contributed by atoms with E-state index in [1.807, 2.05) is 25.1 Å². The smallest absolute Gasteiger partial charge is 0.416 e. The van der Waals surface area contributed by atoms with Gasteiger partial charge in [-0.15, -0.1) is 0 Å². The number of ether oxygens (including phenoxy) is 2. The van der Waals surface area contributed by atoms with E-state index in [-0.39, 0.29) is 17.9 Å².